The summed E-state index contributed by atoms with van der Waals surface area (Å²) in [5.41, 5.74) is 3.13. The molecule has 0 saturated heterocycles. The van der Waals surface area contributed by atoms with E-state index in [9.17, 15) is 0 Å². The van der Waals surface area contributed by atoms with Crippen molar-refractivity contribution in [3.05, 3.63) is 35.4 Å². The maximum absolute atomic E-state index is 2.34. The summed E-state index contributed by atoms with van der Waals surface area (Å²) in [6.45, 7) is 8.67. The molecule has 0 radical (unpaired) electrons. The average Bonchev–Trinajstić information content (AvgIpc) is 2.47. The first-order valence-corrected chi connectivity index (χ1v) is 5.37. The van der Waals surface area contributed by atoms with Gasteiger partial charge in [-0.1, -0.05) is 52.0 Å². The number of rotatable bonds is 0. The lowest BCUT2D eigenvalue weighted by Gasteiger charge is -2.08. The molecule has 0 N–H and O–H groups in total. The summed E-state index contributed by atoms with van der Waals surface area (Å²) in [6, 6.07) is 8.82. The predicted octanol–water partition coefficient (Wildman–Crippen LogP) is 4.01. The second-order valence-corrected chi connectivity index (χ2v) is 3.67. The van der Waals surface area contributed by atoms with Gasteiger partial charge in [-0.2, -0.15) is 0 Å². The largest absolute Gasteiger partial charge is 0.0683 e. The molecule has 1 unspecified atom stereocenters. The SMILES string of the molecule is CC.CC1c2ccccc2C[C@H]1C. The lowest BCUT2D eigenvalue weighted by molar-refractivity contribution is 0.532. The van der Waals surface area contributed by atoms with Crippen LogP contribution in [-0.4, -0.2) is 0 Å². The summed E-state index contributed by atoms with van der Waals surface area (Å²) in [5, 5.41) is 0. The van der Waals surface area contributed by atoms with E-state index in [4.69, 9.17) is 0 Å². The normalized spacial score (nSPS) is 24.6. The maximum atomic E-state index is 2.34. The molecule has 2 rings (SSSR count). The highest BCUT2D eigenvalue weighted by molar-refractivity contribution is 5.35. The van der Waals surface area contributed by atoms with Gasteiger partial charge in [-0.05, 0) is 29.4 Å². The van der Waals surface area contributed by atoms with E-state index in [1.807, 2.05) is 13.8 Å². The highest BCUT2D eigenvalue weighted by Gasteiger charge is 2.24. The van der Waals surface area contributed by atoms with Gasteiger partial charge in [-0.25, -0.2) is 0 Å². The molecule has 0 nitrogen and oxygen atoms in total. The molecule has 0 spiro atoms. The molecule has 1 aliphatic carbocycles. The molecule has 1 aromatic rings. The highest BCUT2D eigenvalue weighted by atomic mass is 14.3. The van der Waals surface area contributed by atoms with Crippen LogP contribution in [0.2, 0.25) is 0 Å². The Morgan fingerprint density at radius 3 is 2.31 bits per heavy atom. The Bertz CT molecular complexity index is 262. The van der Waals surface area contributed by atoms with Crippen LogP contribution in [0.15, 0.2) is 24.3 Å². The Kier molecular flexibility index (Phi) is 3.53. The standard InChI is InChI=1S/C11H14.C2H6/c1-8-7-10-5-3-4-6-11(10)9(8)2;1-2/h3-6,8-9H,7H2,1-2H3;1-2H3/t8-,9?;/m1./s1. The van der Waals surface area contributed by atoms with E-state index < -0.39 is 0 Å². The van der Waals surface area contributed by atoms with Gasteiger partial charge >= 0.3 is 0 Å². The summed E-state index contributed by atoms with van der Waals surface area (Å²) in [7, 11) is 0. The van der Waals surface area contributed by atoms with Gasteiger partial charge in [-0.3, -0.25) is 0 Å². The molecule has 0 heterocycles. The molecule has 13 heavy (non-hydrogen) atoms. The lowest BCUT2D eigenvalue weighted by Crippen LogP contribution is -1.97. The monoisotopic (exact) mass is 176 g/mol. The van der Waals surface area contributed by atoms with Crippen molar-refractivity contribution in [2.45, 2.75) is 40.0 Å². The van der Waals surface area contributed by atoms with Crippen LogP contribution in [0, 0.1) is 5.92 Å². The number of fused-ring (bicyclic) bond motifs is 1. The molecule has 0 fully saturated rings. The Hall–Kier alpha value is -0.780. The molecule has 0 heteroatoms. The van der Waals surface area contributed by atoms with Gasteiger partial charge in [0.05, 0.1) is 0 Å². The van der Waals surface area contributed by atoms with Crippen molar-refractivity contribution in [1.82, 2.24) is 0 Å². The van der Waals surface area contributed by atoms with Crippen LogP contribution in [0.1, 0.15) is 44.7 Å². The van der Waals surface area contributed by atoms with E-state index in [1.54, 1.807) is 11.1 Å². The fourth-order valence-electron chi connectivity index (χ4n) is 1.99. The second-order valence-electron chi connectivity index (χ2n) is 3.67. The van der Waals surface area contributed by atoms with Crippen LogP contribution in [0.5, 0.6) is 0 Å². The molecule has 0 amide bonds. The number of benzene rings is 1. The van der Waals surface area contributed by atoms with Crippen LogP contribution < -0.4 is 0 Å². The van der Waals surface area contributed by atoms with E-state index in [2.05, 4.69) is 38.1 Å². The van der Waals surface area contributed by atoms with E-state index in [0.29, 0.717) is 0 Å². The van der Waals surface area contributed by atoms with Crippen LogP contribution >= 0.6 is 0 Å². The molecule has 72 valence electrons. The molecule has 0 aliphatic heterocycles. The first kappa shape index (κ1) is 10.3. The third-order valence-electron chi connectivity index (χ3n) is 2.94. The van der Waals surface area contributed by atoms with Crippen molar-refractivity contribution in [2.75, 3.05) is 0 Å². The summed E-state index contributed by atoms with van der Waals surface area (Å²) < 4.78 is 0. The Morgan fingerprint density at radius 2 is 1.69 bits per heavy atom. The molecular formula is C13H20. The van der Waals surface area contributed by atoms with E-state index in [-0.39, 0.29) is 0 Å². The van der Waals surface area contributed by atoms with E-state index >= 15 is 0 Å². The minimum Gasteiger partial charge on any atom is -0.0683 e. The molecule has 0 bridgehead atoms. The molecular weight excluding hydrogens is 156 g/mol. The predicted molar refractivity (Wildman–Crippen MR) is 59.1 cm³/mol. The minimum atomic E-state index is 0.770. The summed E-state index contributed by atoms with van der Waals surface area (Å²) in [6.07, 6.45) is 1.28. The van der Waals surface area contributed by atoms with Crippen molar-refractivity contribution in [3.8, 4) is 0 Å². The fourth-order valence-corrected chi connectivity index (χ4v) is 1.99. The van der Waals surface area contributed by atoms with Crippen LogP contribution in [-0.2, 0) is 6.42 Å². The first-order chi connectivity index (χ1) is 6.29. The first-order valence-electron chi connectivity index (χ1n) is 5.37. The van der Waals surface area contributed by atoms with E-state index in [0.717, 1.165) is 11.8 Å². The Labute approximate surface area is 82.0 Å². The third-order valence-corrected chi connectivity index (χ3v) is 2.94. The Balaban J connectivity index is 0.000000396. The Morgan fingerprint density at radius 1 is 1.08 bits per heavy atom. The van der Waals surface area contributed by atoms with Gasteiger partial charge in [0.1, 0.15) is 0 Å². The van der Waals surface area contributed by atoms with Crippen molar-refractivity contribution in [2.24, 2.45) is 5.92 Å². The van der Waals surface area contributed by atoms with Crippen molar-refractivity contribution in [3.63, 3.8) is 0 Å². The molecule has 1 aromatic carbocycles. The van der Waals surface area contributed by atoms with Crippen molar-refractivity contribution in [1.29, 1.82) is 0 Å². The van der Waals surface area contributed by atoms with Gasteiger partial charge in [0.2, 0.25) is 0 Å². The highest BCUT2D eigenvalue weighted by Crippen LogP contribution is 2.36. The van der Waals surface area contributed by atoms with Gasteiger partial charge in [0.15, 0.2) is 0 Å². The maximum Gasteiger partial charge on any atom is -0.0159 e. The molecule has 1 aliphatic rings. The van der Waals surface area contributed by atoms with Crippen molar-refractivity contribution < 1.29 is 0 Å². The quantitative estimate of drug-likeness (QED) is 0.560. The zero-order valence-electron chi connectivity index (χ0n) is 9.17. The van der Waals surface area contributed by atoms with Crippen molar-refractivity contribution >= 4 is 0 Å². The van der Waals surface area contributed by atoms with Crippen LogP contribution in [0.4, 0.5) is 0 Å². The second kappa shape index (κ2) is 4.45. The summed E-state index contributed by atoms with van der Waals surface area (Å²) in [5.74, 6) is 1.61. The minimum absolute atomic E-state index is 0.770. The van der Waals surface area contributed by atoms with Gasteiger partial charge in [0.25, 0.3) is 0 Å². The van der Waals surface area contributed by atoms with Gasteiger partial charge < -0.3 is 0 Å². The average molecular weight is 176 g/mol. The molecule has 0 saturated carbocycles. The van der Waals surface area contributed by atoms with Crippen LogP contribution in [0.3, 0.4) is 0 Å². The topological polar surface area (TPSA) is 0 Å². The third kappa shape index (κ3) is 1.93. The van der Waals surface area contributed by atoms with Crippen LogP contribution in [0.25, 0.3) is 0 Å². The lowest BCUT2D eigenvalue weighted by atomic mass is 9.97. The fraction of sp³-hybridized carbons (Fsp3) is 0.538. The van der Waals surface area contributed by atoms with Gasteiger partial charge in [-0.15, -0.1) is 0 Å². The zero-order chi connectivity index (χ0) is 9.84. The number of hydrogen-bond donors (Lipinski definition) is 0. The summed E-state index contributed by atoms with van der Waals surface area (Å²) >= 11 is 0. The summed E-state index contributed by atoms with van der Waals surface area (Å²) in [4.78, 5) is 0. The smallest absolute Gasteiger partial charge is 0.0159 e. The number of hydrogen-bond acceptors (Lipinski definition) is 0. The zero-order valence-corrected chi connectivity index (χ0v) is 9.17. The van der Waals surface area contributed by atoms with E-state index in [1.165, 1.54) is 6.42 Å². The van der Waals surface area contributed by atoms with Gasteiger partial charge in [0, 0.05) is 0 Å². The molecule has 0 aromatic heterocycles. The molecule has 2 atom stereocenters.